The van der Waals surface area contributed by atoms with Crippen LogP contribution in [-0.4, -0.2) is 18.5 Å². The molecule has 1 aliphatic rings. The lowest BCUT2D eigenvalue weighted by atomic mass is 9.92. The van der Waals surface area contributed by atoms with Crippen LogP contribution in [-0.2, 0) is 4.79 Å². The Hall–Kier alpha value is -0.840. The summed E-state index contributed by atoms with van der Waals surface area (Å²) in [4.78, 5) is 12.3. The second-order valence-corrected chi connectivity index (χ2v) is 6.35. The van der Waals surface area contributed by atoms with Crippen LogP contribution in [0.5, 0.6) is 0 Å². The van der Waals surface area contributed by atoms with E-state index in [1.807, 2.05) is 0 Å². The minimum Gasteiger partial charge on any atom is -0.349 e. The number of nitrogens with one attached hydrogen (secondary N) is 2. The molecule has 3 atom stereocenters. The van der Waals surface area contributed by atoms with Crippen LogP contribution in [0.4, 0.5) is 4.39 Å². The van der Waals surface area contributed by atoms with Gasteiger partial charge < -0.3 is 10.6 Å². The van der Waals surface area contributed by atoms with Crippen molar-refractivity contribution in [1.82, 2.24) is 10.6 Å². The Balaban J connectivity index is 2.09. The zero-order valence-corrected chi connectivity index (χ0v) is 13.6. The van der Waals surface area contributed by atoms with Gasteiger partial charge in [-0.05, 0) is 45.4 Å². The number of rotatable bonds is 3. The largest absolute Gasteiger partial charge is 0.349 e. The first-order chi connectivity index (χ1) is 9.90. The van der Waals surface area contributed by atoms with Crippen molar-refractivity contribution in [3.63, 3.8) is 0 Å². The first-order valence-corrected chi connectivity index (χ1v) is 7.83. The number of hydrogen-bond acceptors (Lipinski definition) is 2. The molecule has 0 aliphatic carbocycles. The van der Waals surface area contributed by atoms with E-state index in [1.54, 1.807) is 6.92 Å². The summed E-state index contributed by atoms with van der Waals surface area (Å²) in [5.74, 6) is -0.602. The number of benzene rings is 1. The third kappa shape index (κ3) is 3.87. The van der Waals surface area contributed by atoms with Gasteiger partial charge >= 0.3 is 0 Å². The normalized spacial score (nSPS) is 23.7. The first kappa shape index (κ1) is 16.5. The average molecular weight is 333 g/mol. The van der Waals surface area contributed by atoms with Gasteiger partial charge in [0, 0.05) is 22.5 Å². The van der Waals surface area contributed by atoms with Gasteiger partial charge in [-0.15, -0.1) is 0 Å². The van der Waals surface area contributed by atoms with E-state index in [0.29, 0.717) is 16.6 Å². The molecule has 1 heterocycles. The van der Waals surface area contributed by atoms with Crippen LogP contribution >= 0.6 is 23.2 Å². The van der Waals surface area contributed by atoms with E-state index in [9.17, 15) is 9.18 Å². The zero-order valence-electron chi connectivity index (χ0n) is 12.1. The highest BCUT2D eigenvalue weighted by atomic mass is 35.5. The third-order valence-corrected chi connectivity index (χ3v) is 4.58. The summed E-state index contributed by atoms with van der Waals surface area (Å²) in [6.45, 7) is 4.65. The molecule has 1 fully saturated rings. The molecule has 1 aliphatic heterocycles. The molecule has 0 spiro atoms. The van der Waals surface area contributed by atoms with Crippen LogP contribution in [0, 0.1) is 11.7 Å². The number of carbonyl (C=O) groups excluding carboxylic acids is 1. The van der Waals surface area contributed by atoms with E-state index in [1.165, 1.54) is 12.1 Å². The summed E-state index contributed by atoms with van der Waals surface area (Å²) >= 11 is 12.0. The highest BCUT2D eigenvalue weighted by Crippen LogP contribution is 2.32. The number of amides is 1. The molecule has 0 aromatic heterocycles. The first-order valence-electron chi connectivity index (χ1n) is 7.07. The summed E-state index contributed by atoms with van der Waals surface area (Å²) in [5, 5.41) is 6.52. The molecule has 21 heavy (non-hydrogen) atoms. The topological polar surface area (TPSA) is 41.1 Å². The zero-order chi connectivity index (χ0) is 15.6. The summed E-state index contributed by atoms with van der Waals surface area (Å²) in [7, 11) is 0. The Kier molecular flexibility index (Phi) is 5.47. The van der Waals surface area contributed by atoms with Gasteiger partial charge in [0.2, 0.25) is 5.91 Å². The molecular formula is C15H19Cl2FN2O. The number of hydrogen-bond donors (Lipinski definition) is 2. The third-order valence-electron chi connectivity index (χ3n) is 3.87. The number of carbonyl (C=O) groups is 1. The summed E-state index contributed by atoms with van der Waals surface area (Å²) < 4.78 is 13.6. The second-order valence-electron chi connectivity index (χ2n) is 5.56. The smallest absolute Gasteiger partial charge is 0.223 e. The van der Waals surface area contributed by atoms with Gasteiger partial charge in [0.1, 0.15) is 5.82 Å². The predicted molar refractivity (Wildman–Crippen MR) is 83.2 cm³/mol. The standard InChI is InChI=1S/C15H19Cl2FN2O/c1-8-7-10(5-6-19-8)15(21)20-9(2)13-11(16)3-4-12(18)14(13)17/h3-4,8-10,19H,5-7H2,1-2H3,(H,20,21)/t8-,9?,10-/m0/s1. The molecule has 1 unspecified atom stereocenters. The van der Waals surface area contributed by atoms with Gasteiger partial charge in [-0.1, -0.05) is 23.2 Å². The van der Waals surface area contributed by atoms with Crippen molar-refractivity contribution in [2.24, 2.45) is 5.92 Å². The van der Waals surface area contributed by atoms with Crippen LogP contribution in [0.25, 0.3) is 0 Å². The lowest BCUT2D eigenvalue weighted by molar-refractivity contribution is -0.126. The van der Waals surface area contributed by atoms with E-state index >= 15 is 0 Å². The van der Waals surface area contributed by atoms with Crippen LogP contribution in [0.1, 0.15) is 38.3 Å². The maximum absolute atomic E-state index is 13.6. The minimum atomic E-state index is -0.535. The average Bonchev–Trinajstić information content (AvgIpc) is 2.43. The van der Waals surface area contributed by atoms with Gasteiger partial charge in [0.05, 0.1) is 11.1 Å². The highest BCUT2D eigenvalue weighted by molar-refractivity contribution is 6.36. The van der Waals surface area contributed by atoms with Crippen molar-refractivity contribution >= 4 is 29.1 Å². The van der Waals surface area contributed by atoms with Crippen LogP contribution in [0.3, 0.4) is 0 Å². The van der Waals surface area contributed by atoms with Crippen molar-refractivity contribution in [1.29, 1.82) is 0 Å². The Morgan fingerprint density at radius 2 is 2.19 bits per heavy atom. The summed E-state index contributed by atoms with van der Waals surface area (Å²) in [5.41, 5.74) is 0.425. The van der Waals surface area contributed by atoms with Crippen molar-refractivity contribution in [3.8, 4) is 0 Å². The SMILES string of the molecule is CC(NC(=O)[C@H]1CCN[C@@H](C)C1)c1c(Cl)ccc(F)c1Cl. The molecule has 2 N–H and O–H groups in total. The van der Waals surface area contributed by atoms with Gasteiger partial charge in [-0.25, -0.2) is 4.39 Å². The minimum absolute atomic E-state index is 0.0326. The fourth-order valence-electron chi connectivity index (χ4n) is 2.71. The van der Waals surface area contributed by atoms with E-state index in [-0.39, 0.29) is 16.8 Å². The fourth-order valence-corrected chi connectivity index (χ4v) is 3.41. The Morgan fingerprint density at radius 1 is 1.48 bits per heavy atom. The Labute approximate surface area is 134 Å². The molecule has 1 amide bonds. The maximum Gasteiger partial charge on any atom is 0.223 e. The summed E-state index contributed by atoms with van der Waals surface area (Å²) in [6, 6.07) is 2.56. The Bertz CT molecular complexity index is 539. The van der Waals surface area contributed by atoms with Gasteiger partial charge in [-0.2, -0.15) is 0 Å². The van der Waals surface area contributed by atoms with Gasteiger partial charge in [0.25, 0.3) is 0 Å². The van der Waals surface area contributed by atoms with Crippen LogP contribution in [0.15, 0.2) is 12.1 Å². The number of piperidine rings is 1. The van der Waals surface area contributed by atoms with E-state index < -0.39 is 11.9 Å². The van der Waals surface area contributed by atoms with Crippen molar-refractivity contribution in [2.45, 2.75) is 38.8 Å². The van der Waals surface area contributed by atoms with Gasteiger partial charge in [-0.3, -0.25) is 4.79 Å². The molecule has 1 aromatic carbocycles. The predicted octanol–water partition coefficient (Wildman–Crippen LogP) is 3.70. The lowest BCUT2D eigenvalue weighted by Crippen LogP contribution is -2.43. The van der Waals surface area contributed by atoms with E-state index in [2.05, 4.69) is 17.6 Å². The summed E-state index contributed by atoms with van der Waals surface area (Å²) in [6.07, 6.45) is 1.59. The molecule has 0 radical (unpaired) electrons. The van der Waals surface area contributed by atoms with E-state index in [0.717, 1.165) is 19.4 Å². The van der Waals surface area contributed by atoms with Crippen molar-refractivity contribution < 1.29 is 9.18 Å². The highest BCUT2D eigenvalue weighted by Gasteiger charge is 2.27. The molecule has 2 rings (SSSR count). The van der Waals surface area contributed by atoms with Crippen LogP contribution in [0.2, 0.25) is 10.0 Å². The molecule has 6 heteroatoms. The van der Waals surface area contributed by atoms with Crippen LogP contribution < -0.4 is 10.6 Å². The maximum atomic E-state index is 13.6. The molecule has 116 valence electrons. The Morgan fingerprint density at radius 3 is 2.86 bits per heavy atom. The second kappa shape index (κ2) is 6.95. The molecule has 0 bridgehead atoms. The fraction of sp³-hybridized carbons (Fsp3) is 0.533. The molecule has 3 nitrogen and oxygen atoms in total. The molecule has 0 saturated carbocycles. The van der Waals surface area contributed by atoms with Crippen molar-refractivity contribution in [3.05, 3.63) is 33.6 Å². The molecular weight excluding hydrogens is 314 g/mol. The quantitative estimate of drug-likeness (QED) is 0.828. The molecule has 1 saturated heterocycles. The lowest BCUT2D eigenvalue weighted by Gasteiger charge is -2.28. The number of halogens is 3. The van der Waals surface area contributed by atoms with E-state index in [4.69, 9.17) is 23.2 Å². The van der Waals surface area contributed by atoms with Gasteiger partial charge in [0.15, 0.2) is 0 Å². The monoisotopic (exact) mass is 332 g/mol. The van der Waals surface area contributed by atoms with Crippen molar-refractivity contribution in [2.75, 3.05) is 6.54 Å². The molecule has 1 aromatic rings.